The third-order valence-corrected chi connectivity index (χ3v) is 5.15. The monoisotopic (exact) mass is 320 g/mol. The van der Waals surface area contributed by atoms with Gasteiger partial charge in [-0.15, -0.1) is 0 Å². The molecule has 1 saturated carbocycles. The van der Waals surface area contributed by atoms with Crippen molar-refractivity contribution < 1.29 is 19.1 Å². The van der Waals surface area contributed by atoms with Crippen LogP contribution in [-0.2, 0) is 19.1 Å². The van der Waals surface area contributed by atoms with Gasteiger partial charge in [-0.25, -0.2) is 0 Å². The van der Waals surface area contributed by atoms with E-state index in [-0.39, 0.29) is 17.8 Å². The molecule has 5 heteroatoms. The smallest absolute Gasteiger partial charge is 0.324 e. The van der Waals surface area contributed by atoms with Crippen LogP contribution in [0.15, 0.2) is 36.4 Å². The van der Waals surface area contributed by atoms with Crippen LogP contribution in [0.2, 0.25) is 5.02 Å². The van der Waals surface area contributed by atoms with Gasteiger partial charge in [-0.1, -0.05) is 35.9 Å². The zero-order chi connectivity index (χ0) is 15.9. The van der Waals surface area contributed by atoms with E-state index in [1.807, 2.05) is 18.2 Å². The van der Waals surface area contributed by atoms with Gasteiger partial charge in [-0.05, 0) is 30.0 Å². The van der Waals surface area contributed by atoms with Gasteiger partial charge in [0.1, 0.15) is 0 Å². The van der Waals surface area contributed by atoms with Crippen LogP contribution in [0.3, 0.4) is 0 Å². The molecule has 0 aliphatic heterocycles. The van der Waals surface area contributed by atoms with Gasteiger partial charge in [0, 0.05) is 16.9 Å². The first-order valence-electron chi connectivity index (χ1n) is 7.16. The van der Waals surface area contributed by atoms with Crippen molar-refractivity contribution in [3.8, 4) is 0 Å². The molecular formula is C17H17ClO4. The lowest BCUT2D eigenvalue weighted by Crippen LogP contribution is -2.49. The van der Waals surface area contributed by atoms with E-state index in [0.717, 1.165) is 12.0 Å². The fraction of sp³-hybridized carbons (Fsp3) is 0.412. The minimum absolute atomic E-state index is 0.115. The Balaban J connectivity index is 2.16. The van der Waals surface area contributed by atoms with E-state index in [0.29, 0.717) is 5.02 Å². The quantitative estimate of drug-likeness (QED) is 0.488. The van der Waals surface area contributed by atoms with Crippen LogP contribution in [-0.4, -0.2) is 26.2 Å². The summed E-state index contributed by atoms with van der Waals surface area (Å²) in [5.41, 5.74) is -0.409. The van der Waals surface area contributed by atoms with E-state index in [1.54, 1.807) is 12.1 Å². The van der Waals surface area contributed by atoms with Gasteiger partial charge in [-0.2, -0.15) is 0 Å². The maximum atomic E-state index is 12.6. The lowest BCUT2D eigenvalue weighted by atomic mass is 9.65. The number of methoxy groups -OCH3 is 2. The van der Waals surface area contributed by atoms with Crippen molar-refractivity contribution in [2.45, 2.75) is 12.3 Å². The maximum absolute atomic E-state index is 12.6. The van der Waals surface area contributed by atoms with Crippen LogP contribution < -0.4 is 0 Å². The van der Waals surface area contributed by atoms with Gasteiger partial charge in [0.15, 0.2) is 5.41 Å². The summed E-state index contributed by atoms with van der Waals surface area (Å²) in [6.45, 7) is 0. The third-order valence-electron chi connectivity index (χ3n) is 4.90. The highest BCUT2D eigenvalue weighted by Gasteiger charge is 2.67. The zero-order valence-electron chi connectivity index (χ0n) is 12.4. The van der Waals surface area contributed by atoms with Crippen molar-refractivity contribution in [2.24, 2.45) is 17.3 Å². The molecule has 0 spiro atoms. The molecule has 1 aromatic carbocycles. The van der Waals surface area contributed by atoms with Crippen LogP contribution in [0, 0.1) is 17.3 Å². The first-order chi connectivity index (χ1) is 10.6. The van der Waals surface area contributed by atoms with Crippen molar-refractivity contribution in [3.05, 3.63) is 47.0 Å². The highest BCUT2D eigenvalue weighted by Crippen LogP contribution is 2.61. The summed E-state index contributed by atoms with van der Waals surface area (Å²) in [4.78, 5) is 25.2. The van der Waals surface area contributed by atoms with E-state index >= 15 is 0 Å². The Hall–Kier alpha value is -1.81. The number of benzene rings is 1. The molecule has 3 atom stereocenters. The van der Waals surface area contributed by atoms with Crippen molar-refractivity contribution in [1.82, 2.24) is 0 Å². The normalized spacial score (nSPS) is 27.7. The second-order valence-electron chi connectivity index (χ2n) is 5.77. The lowest BCUT2D eigenvalue weighted by Gasteiger charge is -2.36. The molecule has 0 N–H and O–H groups in total. The highest BCUT2D eigenvalue weighted by atomic mass is 35.5. The first-order valence-corrected chi connectivity index (χ1v) is 7.54. The molecule has 22 heavy (non-hydrogen) atoms. The third kappa shape index (κ3) is 1.90. The Labute approximate surface area is 134 Å². The Bertz CT molecular complexity index is 619. The SMILES string of the molecule is COC(=O)C1(C(=O)OC)[C@H]2C=C[C@H](C2)[C@@H]1c1ccc(Cl)cc1. The number of hydrogen-bond donors (Lipinski definition) is 0. The van der Waals surface area contributed by atoms with Gasteiger partial charge in [0.25, 0.3) is 0 Å². The van der Waals surface area contributed by atoms with E-state index in [2.05, 4.69) is 6.08 Å². The molecule has 0 radical (unpaired) electrons. The van der Waals surface area contributed by atoms with Gasteiger partial charge in [0.2, 0.25) is 0 Å². The number of carbonyl (C=O) groups is 2. The molecule has 0 saturated heterocycles. The molecule has 2 aliphatic rings. The van der Waals surface area contributed by atoms with Crippen LogP contribution in [0.25, 0.3) is 0 Å². The molecule has 0 aromatic heterocycles. The molecule has 0 amide bonds. The Morgan fingerprint density at radius 3 is 2.23 bits per heavy atom. The Morgan fingerprint density at radius 1 is 1.09 bits per heavy atom. The number of halogens is 1. The Morgan fingerprint density at radius 2 is 1.68 bits per heavy atom. The molecule has 116 valence electrons. The topological polar surface area (TPSA) is 52.6 Å². The Kier molecular flexibility index (Phi) is 3.73. The molecule has 4 nitrogen and oxygen atoms in total. The van der Waals surface area contributed by atoms with Crippen LogP contribution >= 0.6 is 11.6 Å². The molecule has 0 unspecified atom stereocenters. The largest absolute Gasteiger partial charge is 0.468 e. The second kappa shape index (κ2) is 5.43. The van der Waals surface area contributed by atoms with Gasteiger partial charge in [-0.3, -0.25) is 9.59 Å². The summed E-state index contributed by atoms with van der Waals surface area (Å²) >= 11 is 5.95. The predicted molar refractivity (Wildman–Crippen MR) is 81.4 cm³/mol. The van der Waals surface area contributed by atoms with Crippen molar-refractivity contribution in [1.29, 1.82) is 0 Å². The fourth-order valence-corrected chi connectivity index (χ4v) is 4.16. The first kappa shape index (κ1) is 15.1. The summed E-state index contributed by atoms with van der Waals surface area (Å²) in [6, 6.07) is 7.27. The molecule has 2 bridgehead atoms. The maximum Gasteiger partial charge on any atom is 0.324 e. The van der Waals surface area contributed by atoms with Crippen LogP contribution in [0.1, 0.15) is 17.9 Å². The molecule has 0 heterocycles. The number of carbonyl (C=O) groups excluding carboxylic acids is 2. The van der Waals surface area contributed by atoms with Crippen molar-refractivity contribution in [2.75, 3.05) is 14.2 Å². The number of fused-ring (bicyclic) bond motifs is 2. The molecular weight excluding hydrogens is 304 g/mol. The highest BCUT2D eigenvalue weighted by molar-refractivity contribution is 6.30. The van der Waals surface area contributed by atoms with E-state index < -0.39 is 17.4 Å². The molecule has 3 rings (SSSR count). The average molecular weight is 321 g/mol. The second-order valence-corrected chi connectivity index (χ2v) is 6.21. The van der Waals surface area contributed by atoms with Crippen molar-refractivity contribution in [3.63, 3.8) is 0 Å². The van der Waals surface area contributed by atoms with E-state index in [4.69, 9.17) is 21.1 Å². The number of rotatable bonds is 3. The number of hydrogen-bond acceptors (Lipinski definition) is 4. The van der Waals surface area contributed by atoms with E-state index in [9.17, 15) is 9.59 Å². The van der Waals surface area contributed by atoms with E-state index in [1.165, 1.54) is 14.2 Å². The fourth-order valence-electron chi connectivity index (χ4n) is 4.04. The lowest BCUT2D eigenvalue weighted by molar-refractivity contribution is -0.172. The summed E-state index contributed by atoms with van der Waals surface area (Å²) in [6.07, 6.45) is 4.76. The standard InChI is InChI=1S/C17H17ClO4/c1-21-15(19)17(16(20)22-2)12-6-3-11(9-12)14(17)10-4-7-13(18)8-5-10/h3-8,11-12,14H,9H2,1-2H3/t11-,12+,14+/m1/s1. The summed E-state index contributed by atoms with van der Waals surface area (Å²) < 4.78 is 9.98. The average Bonchev–Trinajstić information content (AvgIpc) is 3.14. The summed E-state index contributed by atoms with van der Waals surface area (Å²) in [5.74, 6) is -1.44. The summed E-state index contributed by atoms with van der Waals surface area (Å²) in [7, 11) is 2.61. The van der Waals surface area contributed by atoms with Gasteiger partial charge < -0.3 is 9.47 Å². The molecule has 2 aliphatic carbocycles. The zero-order valence-corrected chi connectivity index (χ0v) is 13.2. The van der Waals surface area contributed by atoms with Crippen LogP contribution in [0.4, 0.5) is 0 Å². The van der Waals surface area contributed by atoms with Crippen LogP contribution in [0.5, 0.6) is 0 Å². The number of ether oxygens (including phenoxy) is 2. The predicted octanol–water partition coefficient (Wildman–Crippen LogP) is 2.96. The summed E-state index contributed by atoms with van der Waals surface area (Å²) in [5, 5.41) is 0.615. The minimum atomic E-state index is -1.31. The number of allylic oxidation sites excluding steroid dienone is 2. The number of esters is 2. The van der Waals surface area contributed by atoms with Gasteiger partial charge in [0.05, 0.1) is 14.2 Å². The molecule has 1 aromatic rings. The van der Waals surface area contributed by atoms with Crippen molar-refractivity contribution >= 4 is 23.5 Å². The minimum Gasteiger partial charge on any atom is -0.468 e. The molecule has 1 fully saturated rings. The van der Waals surface area contributed by atoms with Gasteiger partial charge >= 0.3 is 11.9 Å².